The predicted octanol–water partition coefficient (Wildman–Crippen LogP) is 4.02. The molecule has 0 fully saturated rings. The molecule has 76 valence electrons. The lowest BCUT2D eigenvalue weighted by Gasteiger charge is -2.10. The van der Waals surface area contributed by atoms with Crippen LogP contribution in [0.25, 0.3) is 5.57 Å². The highest BCUT2D eigenvalue weighted by atomic mass is 35.5. The zero-order chi connectivity index (χ0) is 10.7. The third-order valence-electron chi connectivity index (χ3n) is 1.81. The van der Waals surface area contributed by atoms with Crippen molar-refractivity contribution in [1.29, 1.82) is 0 Å². The van der Waals surface area contributed by atoms with E-state index in [1.807, 2.05) is 0 Å². The summed E-state index contributed by atoms with van der Waals surface area (Å²) in [6.07, 6.45) is -1.18. The molecule has 1 heterocycles. The zero-order valence-corrected chi connectivity index (χ0v) is 9.24. The Hall–Kier alpha value is -0.600. The normalized spacial score (nSPS) is 12.6. The molecule has 0 aliphatic heterocycles. The number of pyridine rings is 1. The van der Waals surface area contributed by atoms with Crippen LogP contribution in [0.5, 0.6) is 0 Å². The van der Waals surface area contributed by atoms with Crippen LogP contribution in [0.3, 0.4) is 0 Å². The van der Waals surface area contributed by atoms with Crippen molar-refractivity contribution in [2.45, 2.75) is 13.1 Å². The fourth-order valence-electron chi connectivity index (χ4n) is 1.12. The Morgan fingerprint density at radius 2 is 2.29 bits per heavy atom. The average Bonchev–Trinajstić information content (AvgIpc) is 2.16. The first-order chi connectivity index (χ1) is 6.56. The molecule has 1 unspecified atom stereocenters. The van der Waals surface area contributed by atoms with Crippen molar-refractivity contribution in [1.82, 2.24) is 4.98 Å². The smallest absolute Gasteiger partial charge is 0.140 e. The van der Waals surface area contributed by atoms with Crippen LogP contribution >= 0.6 is 23.2 Å². The molecule has 1 nitrogen and oxygen atoms in total. The minimum Gasteiger partial charge on any atom is -0.241 e. The van der Waals surface area contributed by atoms with Crippen LogP contribution < -0.4 is 0 Å². The average molecular weight is 234 g/mol. The molecule has 0 aromatic carbocycles. The summed E-state index contributed by atoms with van der Waals surface area (Å²) in [5, 5.41) is 0.274. The maximum Gasteiger partial charge on any atom is 0.140 e. The first kappa shape index (κ1) is 11.5. The second-order valence-corrected chi connectivity index (χ2v) is 3.57. The first-order valence-electron chi connectivity index (χ1n) is 4.11. The van der Waals surface area contributed by atoms with Gasteiger partial charge < -0.3 is 0 Å². The highest BCUT2D eigenvalue weighted by Gasteiger charge is 2.13. The predicted molar refractivity (Wildman–Crippen MR) is 58.5 cm³/mol. The molecule has 1 atom stereocenters. The van der Waals surface area contributed by atoms with Crippen LogP contribution in [-0.4, -0.2) is 10.9 Å². The van der Waals surface area contributed by atoms with Crippen LogP contribution in [0.15, 0.2) is 18.7 Å². The van der Waals surface area contributed by atoms with Gasteiger partial charge in [-0.1, -0.05) is 18.2 Å². The molecular formula is C10H10Cl2FN. The molecule has 14 heavy (non-hydrogen) atoms. The van der Waals surface area contributed by atoms with Gasteiger partial charge in [-0.05, 0) is 24.6 Å². The summed E-state index contributed by atoms with van der Waals surface area (Å²) < 4.78 is 13.2. The maximum atomic E-state index is 13.2. The minimum atomic E-state index is -1.18. The molecule has 0 N–H and O–H groups in total. The fraction of sp³-hybridized carbons (Fsp3) is 0.300. The molecule has 0 saturated carbocycles. The molecule has 0 radical (unpaired) electrons. The lowest BCUT2D eigenvalue weighted by Crippen LogP contribution is -1.99. The van der Waals surface area contributed by atoms with E-state index in [1.165, 1.54) is 6.92 Å². The molecule has 0 bridgehead atoms. The second kappa shape index (κ2) is 4.76. The Bertz CT molecular complexity index is 350. The number of hydrogen-bond donors (Lipinski definition) is 0. The number of halogens is 3. The van der Waals surface area contributed by atoms with Crippen LogP contribution in [0.2, 0.25) is 5.15 Å². The summed E-state index contributed by atoms with van der Waals surface area (Å²) in [5.41, 5.74) is 1.58. The maximum absolute atomic E-state index is 13.2. The standard InChI is InChI=1S/C10H10Cl2FN/c1-6(5-11)8-3-4-9(12)14-10(8)7(2)13/h3-4,7H,1,5H2,2H3. The molecule has 0 spiro atoms. The fourth-order valence-corrected chi connectivity index (χ4v) is 1.42. The molecular weight excluding hydrogens is 224 g/mol. The van der Waals surface area contributed by atoms with E-state index in [1.54, 1.807) is 12.1 Å². The van der Waals surface area contributed by atoms with Crippen molar-refractivity contribution in [3.05, 3.63) is 35.1 Å². The van der Waals surface area contributed by atoms with Gasteiger partial charge in [0.05, 0.1) is 5.69 Å². The molecule has 4 heteroatoms. The third kappa shape index (κ3) is 2.46. The van der Waals surface area contributed by atoms with Gasteiger partial charge in [0.2, 0.25) is 0 Å². The van der Waals surface area contributed by atoms with Crippen LogP contribution in [-0.2, 0) is 0 Å². The molecule has 1 rings (SSSR count). The molecule has 0 amide bonds. The topological polar surface area (TPSA) is 12.9 Å². The SMILES string of the molecule is C=C(CCl)c1ccc(Cl)nc1C(C)F. The Kier molecular flexibility index (Phi) is 3.90. The summed E-state index contributed by atoms with van der Waals surface area (Å²) >= 11 is 11.3. The number of allylic oxidation sites excluding steroid dienone is 1. The van der Waals surface area contributed by atoms with Crippen molar-refractivity contribution in [3.8, 4) is 0 Å². The highest BCUT2D eigenvalue weighted by molar-refractivity contribution is 6.29. The van der Waals surface area contributed by atoms with E-state index >= 15 is 0 Å². The summed E-state index contributed by atoms with van der Waals surface area (Å²) in [4.78, 5) is 3.91. The van der Waals surface area contributed by atoms with E-state index in [0.29, 0.717) is 16.8 Å². The summed E-state index contributed by atoms with van der Waals surface area (Å²) in [7, 11) is 0. The van der Waals surface area contributed by atoms with E-state index in [0.717, 1.165) is 0 Å². The lowest BCUT2D eigenvalue weighted by molar-refractivity contribution is 0.365. The lowest BCUT2D eigenvalue weighted by atomic mass is 10.1. The largest absolute Gasteiger partial charge is 0.241 e. The van der Waals surface area contributed by atoms with E-state index < -0.39 is 6.17 Å². The quantitative estimate of drug-likeness (QED) is 0.568. The summed E-state index contributed by atoms with van der Waals surface area (Å²) in [6.45, 7) is 5.14. The van der Waals surface area contributed by atoms with Gasteiger partial charge in [0.25, 0.3) is 0 Å². The molecule has 1 aromatic rings. The highest BCUT2D eigenvalue weighted by Crippen LogP contribution is 2.26. The summed E-state index contributed by atoms with van der Waals surface area (Å²) in [6, 6.07) is 3.28. The Morgan fingerprint density at radius 3 is 2.79 bits per heavy atom. The first-order valence-corrected chi connectivity index (χ1v) is 5.02. The second-order valence-electron chi connectivity index (χ2n) is 2.92. The van der Waals surface area contributed by atoms with Crippen molar-refractivity contribution in [3.63, 3.8) is 0 Å². The van der Waals surface area contributed by atoms with Gasteiger partial charge in [-0.3, -0.25) is 0 Å². The minimum absolute atomic E-state index is 0.253. The van der Waals surface area contributed by atoms with Gasteiger partial charge in [0, 0.05) is 11.4 Å². The third-order valence-corrected chi connectivity index (χ3v) is 2.34. The van der Waals surface area contributed by atoms with Crippen LogP contribution in [0, 0.1) is 0 Å². The number of nitrogens with zero attached hydrogens (tertiary/aromatic N) is 1. The van der Waals surface area contributed by atoms with Crippen molar-refractivity contribution >= 4 is 28.8 Å². The van der Waals surface area contributed by atoms with Gasteiger partial charge in [-0.15, -0.1) is 11.6 Å². The van der Waals surface area contributed by atoms with Crippen molar-refractivity contribution in [2.24, 2.45) is 0 Å². The Labute approximate surface area is 92.6 Å². The van der Waals surface area contributed by atoms with Gasteiger partial charge in [0.15, 0.2) is 0 Å². The van der Waals surface area contributed by atoms with Crippen molar-refractivity contribution < 1.29 is 4.39 Å². The number of aromatic nitrogens is 1. The van der Waals surface area contributed by atoms with E-state index in [9.17, 15) is 4.39 Å². The van der Waals surface area contributed by atoms with Gasteiger partial charge in [-0.25, -0.2) is 9.37 Å². The van der Waals surface area contributed by atoms with Gasteiger partial charge in [0.1, 0.15) is 11.3 Å². The molecule has 0 saturated heterocycles. The molecule has 0 aliphatic rings. The van der Waals surface area contributed by atoms with Gasteiger partial charge >= 0.3 is 0 Å². The number of alkyl halides is 2. The van der Waals surface area contributed by atoms with E-state index in [4.69, 9.17) is 23.2 Å². The van der Waals surface area contributed by atoms with Crippen LogP contribution in [0.4, 0.5) is 4.39 Å². The number of rotatable bonds is 3. The molecule has 1 aromatic heterocycles. The molecule has 0 aliphatic carbocycles. The van der Waals surface area contributed by atoms with Crippen molar-refractivity contribution in [2.75, 3.05) is 5.88 Å². The monoisotopic (exact) mass is 233 g/mol. The zero-order valence-electron chi connectivity index (χ0n) is 7.73. The summed E-state index contributed by atoms with van der Waals surface area (Å²) in [5.74, 6) is 0.253. The Morgan fingerprint density at radius 1 is 1.64 bits per heavy atom. The number of hydrogen-bond acceptors (Lipinski definition) is 1. The van der Waals surface area contributed by atoms with Gasteiger partial charge in [-0.2, -0.15) is 0 Å². The van der Waals surface area contributed by atoms with Crippen LogP contribution in [0.1, 0.15) is 24.4 Å². The Balaban J connectivity index is 3.21. The van der Waals surface area contributed by atoms with E-state index in [-0.39, 0.29) is 11.0 Å². The van der Waals surface area contributed by atoms with E-state index in [2.05, 4.69) is 11.6 Å².